The van der Waals surface area contributed by atoms with Crippen molar-refractivity contribution in [3.8, 4) is 0 Å². The molecule has 0 atom stereocenters. The maximum Gasteiger partial charge on any atom is 0.416 e. The molecule has 0 aliphatic heterocycles. The van der Waals surface area contributed by atoms with E-state index in [1.165, 1.54) is 6.07 Å². The van der Waals surface area contributed by atoms with Crippen LogP contribution in [0.4, 0.5) is 13.2 Å². The molecule has 0 unspecified atom stereocenters. The van der Waals surface area contributed by atoms with Crippen molar-refractivity contribution in [1.29, 1.82) is 0 Å². The van der Waals surface area contributed by atoms with E-state index in [4.69, 9.17) is 12.2 Å². The molecular formula is C14H13F3N2S. The zero-order valence-electron chi connectivity index (χ0n) is 11.0. The Morgan fingerprint density at radius 1 is 1.25 bits per heavy atom. The molecule has 0 spiro atoms. The van der Waals surface area contributed by atoms with Crippen LogP contribution in [-0.2, 0) is 12.6 Å². The Bertz CT molecular complexity index is 690. The molecule has 6 heteroatoms. The zero-order chi connectivity index (χ0) is 14.9. The summed E-state index contributed by atoms with van der Waals surface area (Å²) in [6.07, 6.45) is -4.05. The van der Waals surface area contributed by atoms with E-state index in [-0.39, 0.29) is 6.42 Å². The second kappa shape index (κ2) is 5.36. The lowest BCUT2D eigenvalue weighted by atomic mass is 10.1. The Hall–Kier alpha value is -1.69. The van der Waals surface area contributed by atoms with Gasteiger partial charge in [-0.05, 0) is 25.5 Å². The highest BCUT2D eigenvalue weighted by molar-refractivity contribution is 7.71. The summed E-state index contributed by atoms with van der Waals surface area (Å²) >= 11 is 5.12. The third-order valence-electron chi connectivity index (χ3n) is 3.08. The monoisotopic (exact) mass is 298 g/mol. The predicted molar refractivity (Wildman–Crippen MR) is 73.1 cm³/mol. The number of hydrogen-bond acceptors (Lipinski definition) is 2. The topological polar surface area (TPSA) is 28.7 Å². The van der Waals surface area contributed by atoms with Crippen molar-refractivity contribution in [2.75, 3.05) is 0 Å². The maximum atomic E-state index is 12.6. The molecule has 0 amide bonds. The number of H-pyrrole nitrogens is 1. The van der Waals surface area contributed by atoms with Crippen LogP contribution in [0.15, 0.2) is 24.3 Å². The van der Waals surface area contributed by atoms with E-state index in [1.54, 1.807) is 6.07 Å². The van der Waals surface area contributed by atoms with E-state index in [0.717, 1.165) is 23.4 Å². The molecule has 0 fully saturated rings. The number of hydrogen-bond donors (Lipinski definition) is 1. The van der Waals surface area contributed by atoms with Gasteiger partial charge in [0.1, 0.15) is 10.5 Å². The highest BCUT2D eigenvalue weighted by atomic mass is 32.1. The summed E-state index contributed by atoms with van der Waals surface area (Å²) in [7, 11) is 0. The van der Waals surface area contributed by atoms with Crippen LogP contribution in [0.25, 0.3) is 0 Å². The second-order valence-corrected chi connectivity index (χ2v) is 5.00. The van der Waals surface area contributed by atoms with E-state index in [0.29, 0.717) is 16.0 Å². The Morgan fingerprint density at radius 2 is 1.95 bits per heavy atom. The van der Waals surface area contributed by atoms with Crippen molar-refractivity contribution in [2.24, 2.45) is 0 Å². The summed E-state index contributed by atoms with van der Waals surface area (Å²) in [6.45, 7) is 3.72. The minimum absolute atomic E-state index is 0.286. The van der Waals surface area contributed by atoms with Crippen LogP contribution in [0.5, 0.6) is 0 Å². The lowest BCUT2D eigenvalue weighted by Gasteiger charge is -2.09. The third-order valence-corrected chi connectivity index (χ3v) is 3.47. The molecular weight excluding hydrogens is 285 g/mol. The molecule has 2 nitrogen and oxygen atoms in total. The SMILES string of the molecule is Cc1[nH]c(Cc2cccc(C(F)(F)F)c2)nc(=S)c1C. The van der Waals surface area contributed by atoms with Crippen LogP contribution in [0.1, 0.15) is 28.2 Å². The molecule has 1 aromatic carbocycles. The highest BCUT2D eigenvalue weighted by Crippen LogP contribution is 2.29. The van der Waals surface area contributed by atoms with Gasteiger partial charge < -0.3 is 4.98 Å². The van der Waals surface area contributed by atoms with Gasteiger partial charge in [0.25, 0.3) is 0 Å². The predicted octanol–water partition coefficient (Wildman–Crippen LogP) is 4.37. The van der Waals surface area contributed by atoms with Crippen molar-refractivity contribution in [2.45, 2.75) is 26.4 Å². The minimum atomic E-state index is -4.33. The van der Waals surface area contributed by atoms with Crippen molar-refractivity contribution in [3.63, 3.8) is 0 Å². The Kier molecular flexibility index (Phi) is 3.94. The number of aromatic nitrogens is 2. The Labute approximate surface area is 119 Å². The van der Waals surface area contributed by atoms with Crippen LogP contribution in [-0.4, -0.2) is 9.97 Å². The van der Waals surface area contributed by atoms with Gasteiger partial charge >= 0.3 is 6.18 Å². The van der Waals surface area contributed by atoms with E-state index >= 15 is 0 Å². The third kappa shape index (κ3) is 3.25. The molecule has 2 aromatic rings. The molecule has 0 radical (unpaired) electrons. The molecule has 0 saturated carbocycles. The largest absolute Gasteiger partial charge is 0.416 e. The summed E-state index contributed by atoms with van der Waals surface area (Å²) < 4.78 is 38.4. The number of benzene rings is 1. The fraction of sp³-hybridized carbons (Fsp3) is 0.286. The standard InChI is InChI=1S/C14H13F3N2S/c1-8-9(2)18-12(19-13(8)20)7-10-4-3-5-11(6-10)14(15,16)17/h3-6H,7H2,1-2H3,(H,18,19,20). The van der Waals surface area contributed by atoms with E-state index in [1.807, 2.05) is 13.8 Å². The van der Waals surface area contributed by atoms with E-state index in [9.17, 15) is 13.2 Å². The first-order valence-electron chi connectivity index (χ1n) is 6.00. The van der Waals surface area contributed by atoms with Crippen molar-refractivity contribution >= 4 is 12.2 Å². The fourth-order valence-electron chi connectivity index (χ4n) is 1.84. The molecule has 0 saturated heterocycles. The van der Waals surface area contributed by atoms with Gasteiger partial charge in [-0.1, -0.05) is 30.4 Å². The lowest BCUT2D eigenvalue weighted by Crippen LogP contribution is -2.06. The van der Waals surface area contributed by atoms with Gasteiger partial charge in [0, 0.05) is 17.7 Å². The van der Waals surface area contributed by atoms with Crippen molar-refractivity contribution in [1.82, 2.24) is 9.97 Å². The molecule has 1 heterocycles. The number of nitrogens with zero attached hydrogens (tertiary/aromatic N) is 1. The summed E-state index contributed by atoms with van der Waals surface area (Å²) in [5.41, 5.74) is 1.65. The number of aromatic amines is 1. The van der Waals surface area contributed by atoms with Crippen molar-refractivity contribution in [3.05, 3.63) is 57.1 Å². The number of aryl methyl sites for hydroxylation is 1. The first-order valence-corrected chi connectivity index (χ1v) is 6.41. The number of alkyl halides is 3. The quantitative estimate of drug-likeness (QED) is 0.834. The highest BCUT2D eigenvalue weighted by Gasteiger charge is 2.30. The summed E-state index contributed by atoms with van der Waals surface area (Å²) in [4.78, 5) is 7.26. The van der Waals surface area contributed by atoms with Crippen LogP contribution < -0.4 is 0 Å². The summed E-state index contributed by atoms with van der Waals surface area (Å²) in [5.74, 6) is 0.567. The van der Waals surface area contributed by atoms with E-state index < -0.39 is 11.7 Å². The van der Waals surface area contributed by atoms with Gasteiger partial charge in [0.2, 0.25) is 0 Å². The van der Waals surface area contributed by atoms with Gasteiger partial charge in [-0.3, -0.25) is 0 Å². The van der Waals surface area contributed by atoms with E-state index in [2.05, 4.69) is 9.97 Å². The fourth-order valence-corrected chi connectivity index (χ4v) is 2.10. The molecule has 106 valence electrons. The second-order valence-electron chi connectivity index (χ2n) is 4.61. The normalized spacial score (nSPS) is 11.7. The van der Waals surface area contributed by atoms with Crippen LogP contribution in [0.2, 0.25) is 0 Å². The molecule has 0 aliphatic rings. The minimum Gasteiger partial charge on any atom is -0.347 e. The van der Waals surface area contributed by atoms with Crippen LogP contribution >= 0.6 is 12.2 Å². The average Bonchev–Trinajstić information content (AvgIpc) is 2.35. The number of halogens is 3. The molecule has 2 rings (SSSR count). The lowest BCUT2D eigenvalue weighted by molar-refractivity contribution is -0.137. The zero-order valence-corrected chi connectivity index (χ0v) is 11.8. The molecule has 1 aromatic heterocycles. The molecule has 0 aliphatic carbocycles. The Morgan fingerprint density at radius 3 is 2.55 bits per heavy atom. The smallest absolute Gasteiger partial charge is 0.347 e. The van der Waals surface area contributed by atoms with Gasteiger partial charge in [-0.15, -0.1) is 0 Å². The van der Waals surface area contributed by atoms with Crippen LogP contribution in [0, 0.1) is 18.5 Å². The van der Waals surface area contributed by atoms with Gasteiger partial charge in [-0.25, -0.2) is 4.98 Å². The first kappa shape index (κ1) is 14.7. The maximum absolute atomic E-state index is 12.6. The summed E-state index contributed by atoms with van der Waals surface area (Å²) in [5, 5.41) is 0. The molecule has 20 heavy (non-hydrogen) atoms. The summed E-state index contributed by atoms with van der Waals surface area (Å²) in [6, 6.07) is 5.23. The van der Waals surface area contributed by atoms with Crippen LogP contribution in [0.3, 0.4) is 0 Å². The molecule has 0 bridgehead atoms. The number of rotatable bonds is 2. The average molecular weight is 298 g/mol. The van der Waals surface area contributed by atoms with Crippen molar-refractivity contribution < 1.29 is 13.2 Å². The van der Waals surface area contributed by atoms with Gasteiger partial charge in [-0.2, -0.15) is 13.2 Å². The van der Waals surface area contributed by atoms with Gasteiger partial charge in [0.15, 0.2) is 0 Å². The first-order chi connectivity index (χ1) is 9.27. The Balaban J connectivity index is 2.33. The number of nitrogens with one attached hydrogen (secondary N) is 1. The molecule has 1 N–H and O–H groups in total. The van der Waals surface area contributed by atoms with Gasteiger partial charge in [0.05, 0.1) is 5.56 Å².